The van der Waals surface area contributed by atoms with Crippen LogP contribution in [-0.4, -0.2) is 34.4 Å². The molecule has 4 nitrogen and oxygen atoms in total. The van der Waals surface area contributed by atoms with Crippen molar-refractivity contribution in [1.29, 1.82) is 0 Å². The molecule has 0 heterocycles. The Morgan fingerprint density at radius 3 is 0.938 bits per heavy atom. The SMILES string of the molecule is CCCCCCCCCCCCCCCCCCCCCCCCC[NH2+]CC(O)(O)O.[Cl-]. The van der Waals surface area contributed by atoms with Gasteiger partial charge in [-0.25, -0.2) is 0 Å². The molecule has 5 heteroatoms. The van der Waals surface area contributed by atoms with E-state index in [2.05, 4.69) is 6.92 Å². The van der Waals surface area contributed by atoms with Crippen LogP contribution < -0.4 is 17.7 Å². The van der Waals surface area contributed by atoms with Crippen molar-refractivity contribution < 1.29 is 33.0 Å². The molecule has 0 amide bonds. The fraction of sp³-hybridized carbons (Fsp3) is 1.00. The Labute approximate surface area is 206 Å². The molecule has 0 bridgehead atoms. The van der Waals surface area contributed by atoms with Gasteiger partial charge in [-0.1, -0.05) is 142 Å². The molecule has 0 aromatic rings. The maximum absolute atomic E-state index is 8.78. The number of quaternary nitrogens is 1. The summed E-state index contributed by atoms with van der Waals surface area (Å²) in [5.41, 5.74) is 0. The molecule has 0 spiro atoms. The van der Waals surface area contributed by atoms with E-state index in [4.69, 9.17) is 15.3 Å². The van der Waals surface area contributed by atoms with Gasteiger partial charge in [0.2, 0.25) is 0 Å². The second-order valence-electron chi connectivity index (χ2n) is 9.83. The highest BCUT2D eigenvalue weighted by atomic mass is 35.5. The molecule has 0 aliphatic heterocycles. The normalized spacial score (nSPS) is 11.6. The third kappa shape index (κ3) is 32.3. The van der Waals surface area contributed by atoms with Gasteiger partial charge in [0.1, 0.15) is 0 Å². The van der Waals surface area contributed by atoms with Gasteiger partial charge < -0.3 is 33.0 Å². The van der Waals surface area contributed by atoms with Crippen LogP contribution in [0.25, 0.3) is 0 Å². The Hall–Kier alpha value is 0.130. The average molecular weight is 480 g/mol. The van der Waals surface area contributed by atoms with E-state index >= 15 is 0 Å². The second kappa shape index (κ2) is 27.4. The first kappa shape index (κ1) is 34.3. The van der Waals surface area contributed by atoms with E-state index < -0.39 is 5.97 Å². The van der Waals surface area contributed by atoms with Crippen LogP contribution in [0.4, 0.5) is 0 Å². The van der Waals surface area contributed by atoms with Gasteiger partial charge in [-0.2, -0.15) is 0 Å². The van der Waals surface area contributed by atoms with E-state index in [1.165, 1.54) is 141 Å². The van der Waals surface area contributed by atoms with Crippen LogP contribution in [0, 0.1) is 0 Å². The zero-order valence-electron chi connectivity index (χ0n) is 21.5. The van der Waals surface area contributed by atoms with E-state index in [1.807, 2.05) is 0 Å². The summed E-state index contributed by atoms with van der Waals surface area (Å²) < 4.78 is 0. The van der Waals surface area contributed by atoms with Crippen LogP contribution in [0.1, 0.15) is 155 Å². The minimum atomic E-state index is -2.52. The van der Waals surface area contributed by atoms with Gasteiger partial charge >= 0.3 is 5.97 Å². The molecule has 0 aromatic carbocycles. The fourth-order valence-corrected chi connectivity index (χ4v) is 4.37. The zero-order chi connectivity index (χ0) is 22.9. The lowest BCUT2D eigenvalue weighted by Gasteiger charge is -2.11. The van der Waals surface area contributed by atoms with Crippen molar-refractivity contribution in [3.8, 4) is 0 Å². The highest BCUT2D eigenvalue weighted by Gasteiger charge is 2.19. The van der Waals surface area contributed by atoms with Gasteiger partial charge in [0.15, 0.2) is 6.54 Å². The maximum Gasteiger partial charge on any atom is 0.327 e. The molecule has 32 heavy (non-hydrogen) atoms. The lowest BCUT2D eigenvalue weighted by Crippen LogP contribution is -3.00. The molecule has 0 radical (unpaired) electrons. The fourth-order valence-electron chi connectivity index (χ4n) is 4.37. The van der Waals surface area contributed by atoms with E-state index in [0.717, 1.165) is 13.0 Å². The molecule has 0 unspecified atom stereocenters. The molecule has 0 aliphatic carbocycles. The molecule has 0 aliphatic rings. The molecule has 0 rings (SSSR count). The molecule has 0 fully saturated rings. The molecule has 0 saturated carbocycles. The predicted molar refractivity (Wildman–Crippen MR) is 133 cm³/mol. The van der Waals surface area contributed by atoms with Crippen molar-refractivity contribution in [2.24, 2.45) is 0 Å². The van der Waals surface area contributed by atoms with Crippen molar-refractivity contribution in [1.82, 2.24) is 0 Å². The van der Waals surface area contributed by atoms with E-state index in [-0.39, 0.29) is 19.0 Å². The van der Waals surface area contributed by atoms with E-state index in [0.29, 0.717) is 0 Å². The Morgan fingerprint density at radius 1 is 0.438 bits per heavy atom. The van der Waals surface area contributed by atoms with Crippen LogP contribution in [0.2, 0.25) is 0 Å². The summed E-state index contributed by atoms with van der Waals surface area (Å²) in [5.74, 6) is -2.52. The Kier molecular flexibility index (Phi) is 29.3. The van der Waals surface area contributed by atoms with Crippen LogP contribution in [0.15, 0.2) is 0 Å². The molecular weight excluding hydrogens is 422 g/mol. The maximum atomic E-state index is 8.78. The van der Waals surface area contributed by atoms with Gasteiger partial charge in [0, 0.05) is 0 Å². The monoisotopic (exact) mass is 479 g/mol. The summed E-state index contributed by atoms with van der Waals surface area (Å²) >= 11 is 0. The van der Waals surface area contributed by atoms with Gasteiger partial charge in [0.05, 0.1) is 6.54 Å². The Morgan fingerprint density at radius 2 is 0.688 bits per heavy atom. The van der Waals surface area contributed by atoms with Gasteiger partial charge in [-0.15, -0.1) is 0 Å². The van der Waals surface area contributed by atoms with E-state index in [9.17, 15) is 0 Å². The summed E-state index contributed by atoms with van der Waals surface area (Å²) in [6.07, 6.45) is 32.1. The minimum Gasteiger partial charge on any atom is -1.00 e. The van der Waals surface area contributed by atoms with Gasteiger partial charge in [0.25, 0.3) is 0 Å². The van der Waals surface area contributed by atoms with Gasteiger partial charge in [-0.3, -0.25) is 0 Å². The summed E-state index contributed by atoms with van der Waals surface area (Å²) in [6.45, 7) is 3.08. The number of halogens is 1. The largest absolute Gasteiger partial charge is 1.00 e. The number of nitrogens with two attached hydrogens (primary N) is 1. The zero-order valence-corrected chi connectivity index (χ0v) is 22.2. The quantitative estimate of drug-likeness (QED) is 0.114. The highest BCUT2D eigenvalue weighted by molar-refractivity contribution is 4.51. The van der Waals surface area contributed by atoms with Crippen LogP contribution in [-0.2, 0) is 0 Å². The molecule has 0 atom stereocenters. The molecule has 5 N–H and O–H groups in total. The third-order valence-corrected chi connectivity index (χ3v) is 6.43. The number of aliphatic hydroxyl groups is 3. The number of hydrogen-bond donors (Lipinski definition) is 4. The number of unbranched alkanes of at least 4 members (excludes halogenated alkanes) is 22. The molecular formula is C27H58ClNO3. The first-order valence-corrected chi connectivity index (χ1v) is 14.0. The summed E-state index contributed by atoms with van der Waals surface area (Å²) in [7, 11) is 0. The smallest absolute Gasteiger partial charge is 0.327 e. The van der Waals surface area contributed by atoms with Gasteiger partial charge in [-0.05, 0) is 12.8 Å². The number of rotatable bonds is 26. The molecule has 196 valence electrons. The van der Waals surface area contributed by atoms with Crippen LogP contribution in [0.5, 0.6) is 0 Å². The summed E-state index contributed by atoms with van der Waals surface area (Å²) in [6, 6.07) is 0. The number of hydrogen-bond acceptors (Lipinski definition) is 3. The lowest BCUT2D eigenvalue weighted by molar-refractivity contribution is -0.688. The standard InChI is InChI=1S/C27H57NO3.ClH/c1-2-3-4-5-6-7-8-9-10-11-12-13-14-15-16-17-18-19-20-21-22-23-24-25-28-26-27(29,30)31;/h28-31H,2-26H2,1H3;1H. The van der Waals surface area contributed by atoms with Crippen LogP contribution in [0.3, 0.4) is 0 Å². The van der Waals surface area contributed by atoms with Crippen LogP contribution >= 0.6 is 0 Å². The minimum absolute atomic E-state index is 0. The van der Waals surface area contributed by atoms with Crippen molar-refractivity contribution >= 4 is 0 Å². The second-order valence-corrected chi connectivity index (χ2v) is 9.83. The predicted octanol–water partition coefficient (Wildman–Crippen LogP) is 3.18. The third-order valence-electron chi connectivity index (χ3n) is 6.43. The first-order valence-electron chi connectivity index (χ1n) is 14.0. The van der Waals surface area contributed by atoms with Crippen molar-refractivity contribution in [2.45, 2.75) is 161 Å². The topological polar surface area (TPSA) is 77.3 Å². The molecule has 0 saturated heterocycles. The van der Waals surface area contributed by atoms with E-state index in [1.54, 1.807) is 5.32 Å². The van der Waals surface area contributed by atoms with Crippen molar-refractivity contribution in [2.75, 3.05) is 13.1 Å². The highest BCUT2D eigenvalue weighted by Crippen LogP contribution is 2.15. The summed E-state index contributed by atoms with van der Waals surface area (Å²) in [4.78, 5) is 0. The Bertz CT molecular complexity index is 337. The lowest BCUT2D eigenvalue weighted by atomic mass is 10.0. The average Bonchev–Trinajstić information content (AvgIpc) is 2.73. The Balaban J connectivity index is 0. The van der Waals surface area contributed by atoms with Crippen molar-refractivity contribution in [3.63, 3.8) is 0 Å². The summed E-state index contributed by atoms with van der Waals surface area (Å²) in [5, 5.41) is 28.1. The first-order chi connectivity index (χ1) is 15.1. The molecule has 0 aromatic heterocycles. The van der Waals surface area contributed by atoms with Crippen molar-refractivity contribution in [3.05, 3.63) is 0 Å².